The molecule has 0 amide bonds. The Morgan fingerprint density at radius 3 is 2.87 bits per heavy atom. The van der Waals surface area contributed by atoms with Crippen LogP contribution in [0.4, 0.5) is 5.82 Å². The number of halogens is 1. The first-order valence-electron chi connectivity index (χ1n) is 10.1. The molecule has 0 saturated carbocycles. The molecule has 0 aliphatic rings. The second-order valence-corrected chi connectivity index (χ2v) is 8.59. The maximum atomic E-state index is 6.38. The van der Waals surface area contributed by atoms with Gasteiger partial charge in [-0.1, -0.05) is 31.5 Å². The number of anilines is 1. The average Bonchev–Trinajstić information content (AvgIpc) is 3.19. The number of nitrogens with two attached hydrogens (primary N) is 1. The van der Waals surface area contributed by atoms with E-state index >= 15 is 0 Å². The van der Waals surface area contributed by atoms with E-state index < -0.39 is 0 Å². The van der Waals surface area contributed by atoms with Crippen LogP contribution in [0.5, 0.6) is 0 Å². The Hall–Kier alpha value is -2.16. The van der Waals surface area contributed by atoms with Gasteiger partial charge in [0, 0.05) is 35.3 Å². The Balaban J connectivity index is 1.72. The summed E-state index contributed by atoms with van der Waals surface area (Å²) in [6.07, 6.45) is 6.92. The number of rotatable bonds is 8. The van der Waals surface area contributed by atoms with Gasteiger partial charge in [-0.05, 0) is 46.7 Å². The first kappa shape index (κ1) is 21.1. The van der Waals surface area contributed by atoms with Crippen molar-refractivity contribution in [3.05, 3.63) is 52.9 Å². The van der Waals surface area contributed by atoms with Crippen molar-refractivity contribution in [3.63, 3.8) is 0 Å². The highest BCUT2D eigenvalue weighted by atomic mass is 79.9. The molecule has 0 radical (unpaired) electrons. The lowest BCUT2D eigenvalue weighted by Gasteiger charge is -2.18. The lowest BCUT2D eigenvalue weighted by Crippen LogP contribution is -2.29. The summed E-state index contributed by atoms with van der Waals surface area (Å²) in [5, 5.41) is 9.16. The Bertz CT molecular complexity index is 1170. The van der Waals surface area contributed by atoms with Crippen LogP contribution in [0.3, 0.4) is 0 Å². The highest BCUT2D eigenvalue weighted by Crippen LogP contribution is 2.30. The van der Waals surface area contributed by atoms with Gasteiger partial charge in [0.05, 0.1) is 21.9 Å². The van der Waals surface area contributed by atoms with E-state index in [0.29, 0.717) is 18.4 Å². The second kappa shape index (κ2) is 9.32. The first-order valence-corrected chi connectivity index (χ1v) is 11.6. The van der Waals surface area contributed by atoms with Gasteiger partial charge in [-0.15, -0.1) is 0 Å². The first-order chi connectivity index (χ1) is 14.6. The lowest BCUT2D eigenvalue weighted by molar-refractivity contribution is 0.462. The maximum absolute atomic E-state index is 6.38. The largest absolute Gasteiger partial charge is 0.383 e. The van der Waals surface area contributed by atoms with Crippen LogP contribution in [0, 0.1) is 0 Å². The van der Waals surface area contributed by atoms with E-state index in [4.69, 9.17) is 10.7 Å². The molecule has 4 aromatic rings. The van der Waals surface area contributed by atoms with Crippen molar-refractivity contribution in [2.24, 2.45) is 0 Å². The molecule has 0 fully saturated rings. The molecule has 6 nitrogen and oxygen atoms in total. The summed E-state index contributed by atoms with van der Waals surface area (Å²) in [6.45, 7) is 2.82. The molecule has 1 unspecified atom stereocenters. The molecular weight excluding hydrogens is 460 g/mol. The van der Waals surface area contributed by atoms with E-state index in [9.17, 15) is 0 Å². The minimum atomic E-state index is 0.410. The summed E-state index contributed by atoms with van der Waals surface area (Å²) in [5.41, 5.74) is 10.8. The zero-order chi connectivity index (χ0) is 21.1. The third-order valence-electron chi connectivity index (χ3n) is 5.27. The molecule has 0 saturated heterocycles. The molecule has 156 valence electrons. The standard InChI is InChI=1S/C22H25BrN6S/c1-2-5-16(8-9-30)25-13-19-20(23)21(24)29-22(28-19)17(12-27-29)15-10-14-6-3-4-7-18(14)26-11-15/h3-4,6-7,10-12,16,25,30H,2,5,8-9,13,24H2,1H3. The average molecular weight is 485 g/mol. The van der Waals surface area contributed by atoms with Crippen molar-refractivity contribution in [1.82, 2.24) is 24.9 Å². The van der Waals surface area contributed by atoms with E-state index in [2.05, 4.69) is 63.0 Å². The molecule has 0 spiro atoms. The van der Waals surface area contributed by atoms with E-state index in [-0.39, 0.29) is 0 Å². The van der Waals surface area contributed by atoms with Crippen LogP contribution in [-0.2, 0) is 6.54 Å². The number of benzene rings is 1. The molecule has 4 rings (SSSR count). The fraction of sp³-hybridized carbons (Fsp3) is 0.318. The van der Waals surface area contributed by atoms with Crippen molar-refractivity contribution in [2.45, 2.75) is 38.8 Å². The van der Waals surface area contributed by atoms with Gasteiger partial charge >= 0.3 is 0 Å². The predicted molar refractivity (Wildman–Crippen MR) is 130 cm³/mol. The Morgan fingerprint density at radius 1 is 1.23 bits per heavy atom. The number of nitrogens with one attached hydrogen (secondary N) is 1. The van der Waals surface area contributed by atoms with Crippen LogP contribution in [0.25, 0.3) is 27.7 Å². The fourth-order valence-corrected chi connectivity index (χ4v) is 4.38. The van der Waals surface area contributed by atoms with E-state index in [1.54, 1.807) is 10.7 Å². The minimum absolute atomic E-state index is 0.410. The zero-order valence-corrected chi connectivity index (χ0v) is 19.3. The van der Waals surface area contributed by atoms with Gasteiger partial charge < -0.3 is 11.1 Å². The van der Waals surface area contributed by atoms with Gasteiger partial charge in [0.2, 0.25) is 0 Å². The number of fused-ring (bicyclic) bond motifs is 2. The number of nitrogen functional groups attached to an aromatic ring is 1. The van der Waals surface area contributed by atoms with Crippen LogP contribution < -0.4 is 11.1 Å². The summed E-state index contributed by atoms with van der Waals surface area (Å²) in [5.74, 6) is 1.40. The normalized spacial score (nSPS) is 12.6. The Kier molecular flexibility index (Phi) is 6.55. The van der Waals surface area contributed by atoms with Crippen molar-refractivity contribution in [2.75, 3.05) is 11.5 Å². The lowest BCUT2D eigenvalue weighted by atomic mass is 10.1. The van der Waals surface area contributed by atoms with E-state index in [1.807, 2.05) is 24.4 Å². The van der Waals surface area contributed by atoms with Gasteiger partial charge in [-0.25, -0.2) is 4.98 Å². The quantitative estimate of drug-likeness (QED) is 0.311. The summed E-state index contributed by atoms with van der Waals surface area (Å²) >= 11 is 8.00. The third-order valence-corrected chi connectivity index (χ3v) is 6.39. The monoisotopic (exact) mass is 484 g/mol. The van der Waals surface area contributed by atoms with Crippen molar-refractivity contribution in [1.29, 1.82) is 0 Å². The topological polar surface area (TPSA) is 81.1 Å². The van der Waals surface area contributed by atoms with Gasteiger partial charge in [-0.2, -0.15) is 22.2 Å². The molecule has 3 N–H and O–H groups in total. The molecule has 1 aromatic carbocycles. The molecule has 1 atom stereocenters. The van der Waals surface area contributed by atoms with Crippen LogP contribution in [-0.4, -0.2) is 31.4 Å². The smallest absolute Gasteiger partial charge is 0.165 e. The molecule has 8 heteroatoms. The number of hydrogen-bond acceptors (Lipinski definition) is 6. The molecule has 3 heterocycles. The van der Waals surface area contributed by atoms with Crippen LogP contribution in [0.15, 0.2) is 47.2 Å². The molecule has 0 aliphatic carbocycles. The predicted octanol–water partition coefficient (Wildman–Crippen LogP) is 4.87. The van der Waals surface area contributed by atoms with Crippen LogP contribution >= 0.6 is 28.6 Å². The SMILES string of the molecule is CCCC(CCS)NCc1nc2c(-c3cnc4ccccc4c3)cnn2c(N)c1Br. The minimum Gasteiger partial charge on any atom is -0.383 e. The molecule has 0 aliphatic heterocycles. The second-order valence-electron chi connectivity index (χ2n) is 7.35. The van der Waals surface area contributed by atoms with Crippen molar-refractivity contribution in [3.8, 4) is 11.1 Å². The number of pyridine rings is 1. The molecule has 30 heavy (non-hydrogen) atoms. The van der Waals surface area contributed by atoms with Gasteiger partial charge in [0.15, 0.2) is 5.65 Å². The number of thiol groups is 1. The van der Waals surface area contributed by atoms with Crippen molar-refractivity contribution < 1.29 is 0 Å². The summed E-state index contributed by atoms with van der Waals surface area (Å²) in [6, 6.07) is 10.6. The number of hydrogen-bond donors (Lipinski definition) is 3. The van der Waals surface area contributed by atoms with Gasteiger partial charge in [0.1, 0.15) is 5.82 Å². The summed E-state index contributed by atoms with van der Waals surface area (Å²) in [4.78, 5) is 9.49. The van der Waals surface area contributed by atoms with Crippen LogP contribution in [0.1, 0.15) is 31.9 Å². The van der Waals surface area contributed by atoms with Crippen molar-refractivity contribution >= 4 is 50.9 Å². The molecular formula is C22H25BrN6S. The molecule has 0 bridgehead atoms. The zero-order valence-electron chi connectivity index (χ0n) is 16.8. The summed E-state index contributed by atoms with van der Waals surface area (Å²) in [7, 11) is 0. The molecule has 3 aromatic heterocycles. The maximum Gasteiger partial charge on any atom is 0.165 e. The van der Waals surface area contributed by atoms with Gasteiger partial charge in [0.25, 0.3) is 0 Å². The highest BCUT2D eigenvalue weighted by Gasteiger charge is 2.17. The van der Waals surface area contributed by atoms with Crippen LogP contribution in [0.2, 0.25) is 0 Å². The number of para-hydroxylation sites is 1. The van der Waals surface area contributed by atoms with E-state index in [0.717, 1.165) is 62.9 Å². The summed E-state index contributed by atoms with van der Waals surface area (Å²) < 4.78 is 2.45. The number of nitrogens with zero attached hydrogens (tertiary/aromatic N) is 4. The third kappa shape index (κ3) is 4.17. The Morgan fingerprint density at radius 2 is 2.07 bits per heavy atom. The van der Waals surface area contributed by atoms with E-state index in [1.165, 1.54) is 0 Å². The number of aromatic nitrogens is 4. The van der Waals surface area contributed by atoms with Gasteiger partial charge in [-0.3, -0.25) is 4.98 Å². The Labute approximate surface area is 189 Å². The fourth-order valence-electron chi connectivity index (χ4n) is 3.68. The highest BCUT2D eigenvalue weighted by molar-refractivity contribution is 9.10.